The molecule has 8 nitrogen and oxygen atoms in total. The first kappa shape index (κ1) is 17.6. The topological polar surface area (TPSA) is 81.0 Å². The van der Waals surface area contributed by atoms with Gasteiger partial charge in [-0.25, -0.2) is 9.97 Å². The minimum absolute atomic E-state index is 0.0321. The van der Waals surface area contributed by atoms with Crippen LogP contribution in [0.15, 0.2) is 12.4 Å². The lowest BCUT2D eigenvalue weighted by Crippen LogP contribution is -2.37. The van der Waals surface area contributed by atoms with Crippen molar-refractivity contribution in [3.8, 4) is 0 Å². The number of nitrogens with zero attached hydrogens (tertiary/aromatic N) is 6. The summed E-state index contributed by atoms with van der Waals surface area (Å²) in [6.07, 6.45) is 2.45. The Bertz CT molecular complexity index is 694. The van der Waals surface area contributed by atoms with Gasteiger partial charge >= 0.3 is 0 Å². The van der Waals surface area contributed by atoms with Gasteiger partial charge in [0.15, 0.2) is 0 Å². The molecule has 2 aromatic heterocycles. The van der Waals surface area contributed by atoms with E-state index in [4.69, 9.17) is 14.7 Å². The molecule has 0 radical (unpaired) electrons. The number of aromatic nitrogens is 5. The molecule has 136 valence electrons. The van der Waals surface area contributed by atoms with E-state index in [0.29, 0.717) is 5.92 Å². The summed E-state index contributed by atoms with van der Waals surface area (Å²) in [7, 11) is 1.91. The van der Waals surface area contributed by atoms with Gasteiger partial charge < -0.3 is 15.0 Å². The predicted octanol–water partition coefficient (Wildman–Crippen LogP) is 1.81. The number of hydrogen-bond acceptors (Lipinski definition) is 7. The Labute approximate surface area is 148 Å². The fraction of sp³-hybridized carbons (Fsp3) is 0.647. The zero-order chi connectivity index (χ0) is 17.8. The number of aryl methyl sites for hydroxylation is 2. The molecule has 1 atom stereocenters. The molecule has 2 aromatic rings. The largest absolute Gasteiger partial charge is 0.378 e. The fourth-order valence-corrected chi connectivity index (χ4v) is 2.92. The van der Waals surface area contributed by atoms with Crippen molar-refractivity contribution in [3.63, 3.8) is 0 Å². The normalized spacial score (nSPS) is 16.3. The maximum atomic E-state index is 5.44. The fourth-order valence-electron chi connectivity index (χ4n) is 2.92. The van der Waals surface area contributed by atoms with Gasteiger partial charge in [-0.1, -0.05) is 20.8 Å². The molecule has 0 aliphatic carbocycles. The van der Waals surface area contributed by atoms with Crippen LogP contribution in [0.25, 0.3) is 0 Å². The highest BCUT2D eigenvalue weighted by atomic mass is 16.5. The number of hydrogen-bond donors (Lipinski definition) is 1. The number of nitrogens with one attached hydrogen (secondary N) is 1. The molecular formula is C17H27N7O. The second-order valence-corrected chi connectivity index (χ2v) is 6.61. The summed E-state index contributed by atoms with van der Waals surface area (Å²) in [5, 5.41) is 7.74. The van der Waals surface area contributed by atoms with Crippen LogP contribution in [0.1, 0.15) is 38.3 Å². The molecule has 1 aliphatic heterocycles. The van der Waals surface area contributed by atoms with Crippen LogP contribution in [0, 0.1) is 5.92 Å². The maximum absolute atomic E-state index is 5.44. The summed E-state index contributed by atoms with van der Waals surface area (Å²) in [5.74, 6) is 2.84. The Balaban J connectivity index is 1.88. The first-order chi connectivity index (χ1) is 12.1. The van der Waals surface area contributed by atoms with E-state index in [9.17, 15) is 0 Å². The van der Waals surface area contributed by atoms with Crippen LogP contribution in [0.5, 0.6) is 0 Å². The molecule has 0 spiro atoms. The molecule has 1 aliphatic rings. The third-order valence-electron chi connectivity index (χ3n) is 4.42. The Morgan fingerprint density at radius 1 is 1.24 bits per heavy atom. The van der Waals surface area contributed by atoms with Crippen molar-refractivity contribution in [2.45, 2.75) is 33.2 Å². The van der Waals surface area contributed by atoms with Gasteiger partial charge in [-0.3, -0.25) is 4.68 Å². The van der Waals surface area contributed by atoms with E-state index in [1.54, 1.807) is 6.33 Å². The molecular weight excluding hydrogens is 318 g/mol. The molecule has 0 amide bonds. The minimum Gasteiger partial charge on any atom is -0.378 e. The second kappa shape index (κ2) is 7.77. The average molecular weight is 345 g/mol. The SMILES string of the molecule is CCc1cc(N[C@H](c2ncnn2C)C(C)C)nc(N2CCOCC2)n1. The molecule has 3 heterocycles. The van der Waals surface area contributed by atoms with Gasteiger partial charge in [-0.15, -0.1) is 0 Å². The third-order valence-corrected chi connectivity index (χ3v) is 4.42. The van der Waals surface area contributed by atoms with Crippen molar-refractivity contribution in [2.24, 2.45) is 13.0 Å². The highest BCUT2D eigenvalue weighted by Crippen LogP contribution is 2.25. The average Bonchev–Trinajstić information content (AvgIpc) is 3.05. The van der Waals surface area contributed by atoms with Crippen LogP contribution >= 0.6 is 0 Å². The van der Waals surface area contributed by atoms with Crippen LogP contribution in [-0.4, -0.2) is 51.0 Å². The molecule has 3 rings (SSSR count). The van der Waals surface area contributed by atoms with E-state index < -0.39 is 0 Å². The van der Waals surface area contributed by atoms with Crippen molar-refractivity contribution in [1.82, 2.24) is 24.7 Å². The molecule has 1 fully saturated rings. The van der Waals surface area contributed by atoms with Gasteiger partial charge in [0.1, 0.15) is 18.0 Å². The number of anilines is 2. The van der Waals surface area contributed by atoms with Gasteiger partial charge in [-0.2, -0.15) is 10.1 Å². The van der Waals surface area contributed by atoms with Crippen LogP contribution in [0.4, 0.5) is 11.8 Å². The van der Waals surface area contributed by atoms with Crippen LogP contribution in [0.3, 0.4) is 0 Å². The minimum atomic E-state index is 0.0321. The number of morpholine rings is 1. The second-order valence-electron chi connectivity index (χ2n) is 6.61. The molecule has 25 heavy (non-hydrogen) atoms. The summed E-state index contributed by atoms with van der Waals surface area (Å²) >= 11 is 0. The van der Waals surface area contributed by atoms with Crippen molar-refractivity contribution in [3.05, 3.63) is 23.9 Å². The van der Waals surface area contributed by atoms with Crippen LogP contribution in [0.2, 0.25) is 0 Å². The summed E-state index contributed by atoms with van der Waals surface area (Å²) in [6, 6.07) is 2.06. The first-order valence-corrected chi connectivity index (χ1v) is 8.89. The molecule has 0 bridgehead atoms. The van der Waals surface area contributed by atoms with Crippen molar-refractivity contribution < 1.29 is 4.74 Å². The van der Waals surface area contributed by atoms with Gasteiger partial charge in [0.05, 0.1) is 19.3 Å². The number of rotatable bonds is 6. The lowest BCUT2D eigenvalue weighted by Gasteiger charge is -2.28. The van der Waals surface area contributed by atoms with Crippen LogP contribution < -0.4 is 10.2 Å². The van der Waals surface area contributed by atoms with E-state index in [2.05, 4.69) is 41.1 Å². The zero-order valence-corrected chi connectivity index (χ0v) is 15.4. The van der Waals surface area contributed by atoms with E-state index in [0.717, 1.165) is 56.0 Å². The van der Waals surface area contributed by atoms with Crippen molar-refractivity contribution in [2.75, 3.05) is 36.5 Å². The number of ether oxygens (including phenoxy) is 1. The summed E-state index contributed by atoms with van der Waals surface area (Å²) < 4.78 is 7.24. The smallest absolute Gasteiger partial charge is 0.227 e. The highest BCUT2D eigenvalue weighted by Gasteiger charge is 2.22. The lowest BCUT2D eigenvalue weighted by molar-refractivity contribution is 0.122. The quantitative estimate of drug-likeness (QED) is 0.855. The van der Waals surface area contributed by atoms with E-state index in [1.807, 2.05) is 17.8 Å². The Morgan fingerprint density at radius 2 is 2.00 bits per heavy atom. The van der Waals surface area contributed by atoms with Gasteiger partial charge in [-0.05, 0) is 12.3 Å². The summed E-state index contributed by atoms with van der Waals surface area (Å²) in [5.41, 5.74) is 1.03. The highest BCUT2D eigenvalue weighted by molar-refractivity contribution is 5.45. The molecule has 1 N–H and O–H groups in total. The van der Waals surface area contributed by atoms with E-state index >= 15 is 0 Å². The molecule has 0 unspecified atom stereocenters. The summed E-state index contributed by atoms with van der Waals surface area (Å²) in [4.78, 5) is 16.0. The first-order valence-electron chi connectivity index (χ1n) is 8.89. The lowest BCUT2D eigenvalue weighted by atomic mass is 10.0. The third kappa shape index (κ3) is 4.07. The van der Waals surface area contributed by atoms with Crippen molar-refractivity contribution >= 4 is 11.8 Å². The van der Waals surface area contributed by atoms with E-state index in [-0.39, 0.29) is 6.04 Å². The maximum Gasteiger partial charge on any atom is 0.227 e. The zero-order valence-electron chi connectivity index (χ0n) is 15.4. The molecule has 8 heteroatoms. The van der Waals surface area contributed by atoms with Gasteiger partial charge in [0.2, 0.25) is 5.95 Å². The predicted molar refractivity (Wildman–Crippen MR) is 96.6 cm³/mol. The monoisotopic (exact) mass is 345 g/mol. The van der Waals surface area contributed by atoms with E-state index in [1.165, 1.54) is 0 Å². The Morgan fingerprint density at radius 3 is 2.60 bits per heavy atom. The molecule has 0 aromatic carbocycles. The molecule has 1 saturated heterocycles. The van der Waals surface area contributed by atoms with Gasteiger partial charge in [0, 0.05) is 31.9 Å². The van der Waals surface area contributed by atoms with Crippen LogP contribution in [-0.2, 0) is 18.2 Å². The van der Waals surface area contributed by atoms with Crippen molar-refractivity contribution in [1.29, 1.82) is 0 Å². The van der Waals surface area contributed by atoms with Gasteiger partial charge in [0.25, 0.3) is 0 Å². The standard InChI is InChI=1S/C17H27N7O/c1-5-13-10-14(22-17(20-13)24-6-8-25-9-7-24)21-15(12(2)3)16-18-11-19-23(16)4/h10-12,15H,5-9H2,1-4H3,(H,20,21,22)/t15-/m0/s1. The molecule has 0 saturated carbocycles. The Kier molecular flexibility index (Phi) is 5.47. The summed E-state index contributed by atoms with van der Waals surface area (Å²) in [6.45, 7) is 9.52. The Hall–Kier alpha value is -2.22.